The van der Waals surface area contributed by atoms with Crippen LogP contribution in [0.15, 0.2) is 0 Å². The molecule has 164 valence electrons. The maximum atomic E-state index is 10.7. The van der Waals surface area contributed by atoms with Crippen molar-refractivity contribution < 1.29 is 19.4 Å². The van der Waals surface area contributed by atoms with Crippen LogP contribution in [0.25, 0.3) is 0 Å². The molecule has 29 heavy (non-hydrogen) atoms. The van der Waals surface area contributed by atoms with Gasteiger partial charge in [-0.1, -0.05) is 33.6 Å². The fourth-order valence-corrected chi connectivity index (χ4v) is 4.61. The number of hydrogen-bond donors (Lipinski definition) is 2. The van der Waals surface area contributed by atoms with E-state index < -0.39 is 11.9 Å². The Balaban J connectivity index is 2.28. The predicted octanol–water partition coefficient (Wildman–Crippen LogP) is 5.43. The number of hydrogen-bond acceptors (Lipinski definition) is 4. The molecule has 0 spiro atoms. The van der Waals surface area contributed by atoms with Gasteiger partial charge in [0.2, 0.25) is 5.79 Å². The Kier molecular flexibility index (Phi) is 7.26. The van der Waals surface area contributed by atoms with Gasteiger partial charge in [-0.15, -0.1) is 0 Å². The van der Waals surface area contributed by atoms with Crippen molar-refractivity contribution in [3.8, 4) is 5.75 Å². The largest absolute Gasteiger partial charge is 0.462 e. The number of carbonyl (C=O) groups excluding carboxylic acids is 1. The minimum Gasteiger partial charge on any atom is -0.462 e. The summed E-state index contributed by atoms with van der Waals surface area (Å²) in [6.07, 6.45) is 4.75. The van der Waals surface area contributed by atoms with Crippen molar-refractivity contribution in [1.82, 2.24) is 0 Å². The maximum Gasteiger partial charge on any atom is 0.404 e. The Hall–Kier alpha value is -1.75. The molecule has 1 amide bonds. The van der Waals surface area contributed by atoms with E-state index in [0.29, 0.717) is 18.9 Å². The number of rotatable bonds is 7. The number of unbranched alkanes of at least 4 members (excludes halogenated alkanes) is 2. The van der Waals surface area contributed by atoms with Crippen molar-refractivity contribution in [3.05, 3.63) is 27.8 Å². The van der Waals surface area contributed by atoms with Crippen molar-refractivity contribution in [1.29, 1.82) is 0 Å². The minimum atomic E-state index is -1.09. The van der Waals surface area contributed by atoms with Crippen LogP contribution in [0.4, 0.5) is 4.79 Å². The summed E-state index contributed by atoms with van der Waals surface area (Å²) in [6.45, 7) is 15.6. The van der Waals surface area contributed by atoms with E-state index in [9.17, 15) is 9.90 Å². The highest BCUT2D eigenvalue weighted by Crippen LogP contribution is 2.47. The van der Waals surface area contributed by atoms with Crippen molar-refractivity contribution in [2.24, 2.45) is 11.1 Å². The average molecular weight is 406 g/mol. The molecule has 0 bridgehead atoms. The lowest BCUT2D eigenvalue weighted by atomic mass is 9.69. The molecule has 1 heterocycles. The molecular formula is C24H39NO4. The third-order valence-electron chi connectivity index (χ3n) is 6.37. The maximum absolute atomic E-state index is 10.7. The average Bonchev–Trinajstić information content (AvgIpc) is 2.59. The van der Waals surface area contributed by atoms with E-state index >= 15 is 0 Å². The smallest absolute Gasteiger partial charge is 0.404 e. The summed E-state index contributed by atoms with van der Waals surface area (Å²) in [5, 5.41) is 10.4. The van der Waals surface area contributed by atoms with Crippen molar-refractivity contribution in [3.63, 3.8) is 0 Å². The molecule has 1 aromatic carbocycles. The Morgan fingerprint density at radius 1 is 1.17 bits per heavy atom. The summed E-state index contributed by atoms with van der Waals surface area (Å²) in [7, 11) is 0. The summed E-state index contributed by atoms with van der Waals surface area (Å²) in [5.41, 5.74) is 11.6. The van der Waals surface area contributed by atoms with E-state index in [1.165, 1.54) is 22.3 Å². The molecule has 1 aliphatic rings. The molecule has 5 nitrogen and oxygen atoms in total. The summed E-state index contributed by atoms with van der Waals surface area (Å²) < 4.78 is 10.8. The molecule has 0 aromatic heterocycles. The highest BCUT2D eigenvalue weighted by molar-refractivity contribution is 5.64. The monoisotopic (exact) mass is 405 g/mol. The van der Waals surface area contributed by atoms with Crippen LogP contribution in [-0.4, -0.2) is 23.6 Å². The van der Waals surface area contributed by atoms with Gasteiger partial charge < -0.3 is 20.3 Å². The minimum absolute atomic E-state index is 0.126. The topological polar surface area (TPSA) is 81.8 Å². The lowest BCUT2D eigenvalue weighted by molar-refractivity contribution is -0.134. The number of fused-ring (bicyclic) bond motifs is 1. The number of ether oxygens (including phenoxy) is 2. The van der Waals surface area contributed by atoms with Gasteiger partial charge >= 0.3 is 6.09 Å². The first-order chi connectivity index (χ1) is 13.3. The van der Waals surface area contributed by atoms with Gasteiger partial charge in [-0.3, -0.25) is 0 Å². The Morgan fingerprint density at radius 3 is 2.41 bits per heavy atom. The van der Waals surface area contributed by atoms with Gasteiger partial charge in [0.05, 0.1) is 6.61 Å². The molecule has 1 aromatic rings. The van der Waals surface area contributed by atoms with Crippen molar-refractivity contribution in [2.45, 2.75) is 98.7 Å². The molecule has 0 aliphatic carbocycles. The van der Waals surface area contributed by atoms with Crippen molar-refractivity contribution >= 4 is 6.09 Å². The number of primary amides is 1. The van der Waals surface area contributed by atoms with Crippen LogP contribution in [-0.2, 0) is 11.2 Å². The second-order valence-electron chi connectivity index (χ2n) is 9.81. The van der Waals surface area contributed by atoms with Gasteiger partial charge in [-0.05, 0) is 79.2 Å². The van der Waals surface area contributed by atoms with Crippen LogP contribution in [0, 0.1) is 26.2 Å². The van der Waals surface area contributed by atoms with E-state index in [2.05, 4.69) is 41.5 Å². The predicted molar refractivity (Wildman–Crippen MR) is 116 cm³/mol. The molecule has 2 unspecified atom stereocenters. The molecule has 3 N–H and O–H groups in total. The highest BCUT2D eigenvalue weighted by atomic mass is 16.6. The number of carbonyl (C=O) groups is 1. The molecular weight excluding hydrogens is 366 g/mol. The number of aliphatic hydroxyl groups is 1. The van der Waals surface area contributed by atoms with Crippen molar-refractivity contribution in [2.75, 3.05) is 6.61 Å². The second kappa shape index (κ2) is 8.95. The third kappa shape index (κ3) is 5.65. The zero-order valence-electron chi connectivity index (χ0n) is 19.3. The molecule has 2 rings (SSSR count). The number of amides is 1. The molecule has 0 radical (unpaired) electrons. The molecule has 1 aliphatic heterocycles. The van der Waals surface area contributed by atoms with Crippen LogP contribution < -0.4 is 10.5 Å². The zero-order chi connectivity index (χ0) is 22.0. The molecule has 0 fully saturated rings. The van der Waals surface area contributed by atoms with Gasteiger partial charge in [-0.2, -0.15) is 0 Å². The Morgan fingerprint density at radius 2 is 1.83 bits per heavy atom. The van der Waals surface area contributed by atoms with E-state index in [1.54, 1.807) is 6.92 Å². The fraction of sp³-hybridized carbons (Fsp3) is 0.708. The van der Waals surface area contributed by atoms with Crippen LogP contribution in [0.3, 0.4) is 0 Å². The lowest BCUT2D eigenvalue weighted by Crippen LogP contribution is -2.37. The number of nitrogens with two attached hydrogens (primary N) is 1. The Labute approximate surface area is 176 Å². The third-order valence-corrected chi connectivity index (χ3v) is 6.37. The van der Waals surface area contributed by atoms with E-state index in [0.717, 1.165) is 43.4 Å². The first-order valence-electron chi connectivity index (χ1n) is 10.8. The van der Waals surface area contributed by atoms with E-state index in [-0.39, 0.29) is 5.41 Å². The van der Waals surface area contributed by atoms with Crippen LogP contribution >= 0.6 is 0 Å². The summed E-state index contributed by atoms with van der Waals surface area (Å²) in [5.74, 6) is 0.205. The van der Waals surface area contributed by atoms with Crippen LogP contribution in [0.2, 0.25) is 0 Å². The van der Waals surface area contributed by atoms with Gasteiger partial charge in [0.25, 0.3) is 0 Å². The first-order valence-corrected chi connectivity index (χ1v) is 10.8. The first kappa shape index (κ1) is 23.5. The van der Waals surface area contributed by atoms with E-state index in [1.807, 2.05) is 0 Å². The standard InChI is InChI=1S/C24H39NO4/c1-15-16(2)21-18(12-13-24(7,27)29-21)17(3)20(15)19(23(4,5)6)11-9-8-10-14-28-22(25)26/h19,27H,8-14H2,1-7H3,(H2,25,26). The highest BCUT2D eigenvalue weighted by Gasteiger charge is 2.35. The molecule has 0 saturated heterocycles. The summed E-state index contributed by atoms with van der Waals surface area (Å²) in [4.78, 5) is 10.7. The fourth-order valence-electron chi connectivity index (χ4n) is 4.61. The summed E-state index contributed by atoms with van der Waals surface area (Å²) in [6, 6.07) is 0. The zero-order valence-corrected chi connectivity index (χ0v) is 19.3. The van der Waals surface area contributed by atoms with Crippen LogP contribution in [0.5, 0.6) is 5.75 Å². The summed E-state index contributed by atoms with van der Waals surface area (Å²) >= 11 is 0. The lowest BCUT2D eigenvalue weighted by Gasteiger charge is -2.38. The normalized spacial score (nSPS) is 20.0. The van der Waals surface area contributed by atoms with Gasteiger partial charge in [0, 0.05) is 13.3 Å². The van der Waals surface area contributed by atoms with Gasteiger partial charge in [0.1, 0.15) is 5.75 Å². The quantitative estimate of drug-likeness (QED) is 0.593. The SMILES string of the molecule is Cc1c(C)c(C(CCCCCOC(N)=O)C(C)(C)C)c(C)c2c1OC(C)(O)CC2. The Bertz CT molecular complexity index is 746. The molecule has 0 saturated carbocycles. The molecule has 5 heteroatoms. The van der Waals surface area contributed by atoms with E-state index in [4.69, 9.17) is 15.2 Å². The van der Waals surface area contributed by atoms with Crippen LogP contribution in [0.1, 0.15) is 93.5 Å². The second-order valence-corrected chi connectivity index (χ2v) is 9.81. The van der Waals surface area contributed by atoms with Gasteiger partial charge in [0.15, 0.2) is 0 Å². The number of benzene rings is 1. The molecule has 2 atom stereocenters. The van der Waals surface area contributed by atoms with Gasteiger partial charge in [-0.25, -0.2) is 4.79 Å².